The fraction of sp³-hybridized carbons (Fsp3) is 0.471. The van der Waals surface area contributed by atoms with E-state index in [4.69, 9.17) is 16.1 Å². The highest BCUT2D eigenvalue weighted by molar-refractivity contribution is 6.30. The Bertz CT molecular complexity index is 686. The van der Waals surface area contributed by atoms with Crippen LogP contribution in [-0.4, -0.2) is 27.5 Å². The number of likely N-dealkylation sites (tertiary alicyclic amines) is 1. The van der Waals surface area contributed by atoms with Crippen LogP contribution < -0.4 is 0 Å². The van der Waals surface area contributed by atoms with E-state index in [1.54, 1.807) is 12.1 Å². The number of rotatable bonds is 5. The zero-order valence-corrected chi connectivity index (χ0v) is 13.9. The second-order valence-corrected chi connectivity index (χ2v) is 6.25. The Kier molecular flexibility index (Phi) is 4.96. The van der Waals surface area contributed by atoms with Crippen LogP contribution in [0.1, 0.15) is 51.0 Å². The standard InChI is InChI=1S/C17H20ClN3O2/c1-2-3-9-15(22)21-10-5-8-14(21)17-19-16(20-23-17)12-6-4-7-13(18)11-12/h4,6-7,11,14H,2-3,5,8-10H2,1H3. The van der Waals surface area contributed by atoms with Gasteiger partial charge in [-0.05, 0) is 31.4 Å². The van der Waals surface area contributed by atoms with E-state index < -0.39 is 0 Å². The number of unbranched alkanes of at least 4 members (excludes halogenated alkanes) is 1. The van der Waals surface area contributed by atoms with Crippen molar-refractivity contribution >= 4 is 17.5 Å². The molecular weight excluding hydrogens is 314 g/mol. The summed E-state index contributed by atoms with van der Waals surface area (Å²) < 4.78 is 5.43. The molecule has 0 saturated carbocycles. The number of nitrogens with zero attached hydrogens (tertiary/aromatic N) is 3. The van der Waals surface area contributed by atoms with Gasteiger partial charge in [0, 0.05) is 23.6 Å². The van der Waals surface area contributed by atoms with Gasteiger partial charge in [0.15, 0.2) is 0 Å². The van der Waals surface area contributed by atoms with Crippen LogP contribution in [0, 0.1) is 0 Å². The summed E-state index contributed by atoms with van der Waals surface area (Å²) in [6.45, 7) is 2.85. The predicted molar refractivity (Wildman–Crippen MR) is 88.0 cm³/mol. The summed E-state index contributed by atoms with van der Waals surface area (Å²) in [6, 6.07) is 7.25. The molecule has 3 rings (SSSR count). The van der Waals surface area contributed by atoms with Gasteiger partial charge in [0.2, 0.25) is 17.6 Å². The summed E-state index contributed by atoms with van der Waals surface area (Å²) in [5.74, 6) is 1.20. The summed E-state index contributed by atoms with van der Waals surface area (Å²) in [4.78, 5) is 18.7. The number of halogens is 1. The third kappa shape index (κ3) is 3.55. The molecular formula is C17H20ClN3O2. The maximum absolute atomic E-state index is 12.3. The summed E-state index contributed by atoms with van der Waals surface area (Å²) >= 11 is 6.00. The molecule has 23 heavy (non-hydrogen) atoms. The Morgan fingerprint density at radius 3 is 3.13 bits per heavy atom. The van der Waals surface area contributed by atoms with Gasteiger partial charge in [0.25, 0.3) is 0 Å². The molecule has 1 fully saturated rings. The second-order valence-electron chi connectivity index (χ2n) is 5.82. The number of hydrogen-bond acceptors (Lipinski definition) is 4. The van der Waals surface area contributed by atoms with Crippen molar-refractivity contribution in [3.05, 3.63) is 35.2 Å². The molecule has 0 spiro atoms. The lowest BCUT2D eigenvalue weighted by molar-refractivity contribution is -0.132. The van der Waals surface area contributed by atoms with Gasteiger partial charge in [-0.25, -0.2) is 0 Å². The maximum Gasteiger partial charge on any atom is 0.249 e. The van der Waals surface area contributed by atoms with Crippen molar-refractivity contribution in [3.63, 3.8) is 0 Å². The third-order valence-electron chi connectivity index (χ3n) is 4.13. The van der Waals surface area contributed by atoms with E-state index in [9.17, 15) is 4.79 Å². The van der Waals surface area contributed by atoms with Crippen molar-refractivity contribution in [1.82, 2.24) is 15.0 Å². The van der Waals surface area contributed by atoms with Crippen molar-refractivity contribution < 1.29 is 9.32 Å². The Balaban J connectivity index is 1.78. The predicted octanol–water partition coefficient (Wildman–Crippen LogP) is 4.24. The lowest BCUT2D eigenvalue weighted by Gasteiger charge is -2.21. The highest BCUT2D eigenvalue weighted by atomic mass is 35.5. The van der Waals surface area contributed by atoms with E-state index in [1.165, 1.54) is 0 Å². The molecule has 5 nitrogen and oxygen atoms in total. The number of amides is 1. The SMILES string of the molecule is CCCCC(=O)N1CCCC1c1nc(-c2cccc(Cl)c2)no1. The van der Waals surface area contributed by atoms with Crippen LogP contribution >= 0.6 is 11.6 Å². The quantitative estimate of drug-likeness (QED) is 0.821. The minimum absolute atomic E-state index is 0.0974. The van der Waals surface area contributed by atoms with Crippen molar-refractivity contribution in [1.29, 1.82) is 0 Å². The maximum atomic E-state index is 12.3. The van der Waals surface area contributed by atoms with Crippen LogP contribution in [0.25, 0.3) is 11.4 Å². The molecule has 122 valence electrons. The molecule has 2 heterocycles. The molecule has 1 aliphatic rings. The lowest BCUT2D eigenvalue weighted by atomic mass is 10.2. The highest BCUT2D eigenvalue weighted by Crippen LogP contribution is 2.33. The first-order valence-corrected chi connectivity index (χ1v) is 8.46. The molecule has 0 bridgehead atoms. The van der Waals surface area contributed by atoms with Gasteiger partial charge in [-0.15, -0.1) is 0 Å². The first-order valence-electron chi connectivity index (χ1n) is 8.08. The van der Waals surface area contributed by atoms with E-state index in [0.29, 0.717) is 23.2 Å². The van der Waals surface area contributed by atoms with Crippen LogP contribution in [-0.2, 0) is 4.79 Å². The highest BCUT2D eigenvalue weighted by Gasteiger charge is 2.33. The van der Waals surface area contributed by atoms with E-state index in [-0.39, 0.29) is 11.9 Å². The van der Waals surface area contributed by atoms with E-state index in [0.717, 1.165) is 37.8 Å². The van der Waals surface area contributed by atoms with Crippen molar-refractivity contribution in [2.24, 2.45) is 0 Å². The van der Waals surface area contributed by atoms with Crippen molar-refractivity contribution in [2.75, 3.05) is 6.54 Å². The normalized spacial score (nSPS) is 17.7. The third-order valence-corrected chi connectivity index (χ3v) is 4.36. The van der Waals surface area contributed by atoms with Crippen molar-refractivity contribution in [3.8, 4) is 11.4 Å². The van der Waals surface area contributed by atoms with E-state index in [1.807, 2.05) is 17.0 Å². The molecule has 0 N–H and O–H groups in total. The van der Waals surface area contributed by atoms with E-state index in [2.05, 4.69) is 17.1 Å². The van der Waals surface area contributed by atoms with Crippen molar-refractivity contribution in [2.45, 2.75) is 45.1 Å². The number of carbonyl (C=O) groups excluding carboxylic acids is 1. The van der Waals surface area contributed by atoms with Crippen LogP contribution in [0.2, 0.25) is 5.02 Å². The monoisotopic (exact) mass is 333 g/mol. The Labute approximate surface area is 140 Å². The zero-order chi connectivity index (χ0) is 16.2. The van der Waals surface area contributed by atoms with Gasteiger partial charge in [-0.1, -0.05) is 42.2 Å². The molecule has 6 heteroatoms. The van der Waals surface area contributed by atoms with Gasteiger partial charge in [0.05, 0.1) is 0 Å². The summed E-state index contributed by atoms with van der Waals surface area (Å²) in [6.07, 6.45) is 4.36. The van der Waals surface area contributed by atoms with Crippen LogP contribution in [0.5, 0.6) is 0 Å². The number of aromatic nitrogens is 2. The molecule has 1 aromatic carbocycles. The van der Waals surface area contributed by atoms with Gasteiger partial charge < -0.3 is 9.42 Å². The van der Waals surface area contributed by atoms with Crippen LogP contribution in [0.4, 0.5) is 0 Å². The number of hydrogen-bond donors (Lipinski definition) is 0. The van der Waals surface area contributed by atoms with Gasteiger partial charge in [0.1, 0.15) is 6.04 Å². The van der Waals surface area contributed by atoms with Crippen LogP contribution in [0.3, 0.4) is 0 Å². The summed E-state index contributed by atoms with van der Waals surface area (Å²) in [5, 5.41) is 4.68. The largest absolute Gasteiger partial charge is 0.337 e. The molecule has 1 amide bonds. The first kappa shape index (κ1) is 16.0. The van der Waals surface area contributed by atoms with Gasteiger partial charge in [-0.2, -0.15) is 4.98 Å². The topological polar surface area (TPSA) is 59.2 Å². The molecule has 0 aliphatic carbocycles. The molecule has 1 atom stereocenters. The molecule has 1 unspecified atom stereocenters. The second kappa shape index (κ2) is 7.13. The van der Waals surface area contributed by atoms with E-state index >= 15 is 0 Å². The molecule has 1 saturated heterocycles. The van der Waals surface area contributed by atoms with Crippen LogP contribution in [0.15, 0.2) is 28.8 Å². The minimum atomic E-state index is -0.0974. The fourth-order valence-electron chi connectivity index (χ4n) is 2.91. The fourth-order valence-corrected chi connectivity index (χ4v) is 3.10. The van der Waals surface area contributed by atoms with Gasteiger partial charge in [-0.3, -0.25) is 4.79 Å². The Morgan fingerprint density at radius 2 is 2.35 bits per heavy atom. The lowest BCUT2D eigenvalue weighted by Crippen LogP contribution is -2.30. The number of benzene rings is 1. The molecule has 0 radical (unpaired) electrons. The first-order chi connectivity index (χ1) is 11.2. The molecule has 2 aromatic rings. The summed E-state index contributed by atoms with van der Waals surface area (Å²) in [7, 11) is 0. The average molecular weight is 334 g/mol. The Morgan fingerprint density at radius 1 is 1.48 bits per heavy atom. The minimum Gasteiger partial charge on any atom is -0.337 e. The zero-order valence-electron chi connectivity index (χ0n) is 13.2. The number of carbonyl (C=O) groups is 1. The Hall–Kier alpha value is -1.88. The molecule has 1 aromatic heterocycles. The summed E-state index contributed by atoms with van der Waals surface area (Å²) in [5.41, 5.74) is 0.814. The smallest absolute Gasteiger partial charge is 0.249 e. The molecule has 1 aliphatic heterocycles. The average Bonchev–Trinajstić information content (AvgIpc) is 3.21. The van der Waals surface area contributed by atoms with Gasteiger partial charge >= 0.3 is 0 Å².